The SMILES string of the molecule is CCCCCCCCCCCCCCCCCCCC(=O)OC[C@H](COC(=O)CCCCCCCCCCCC)OC(=O)CCCCCCCCCC(C)C. The molecule has 1 atom stereocenters. The third-order valence-corrected chi connectivity index (χ3v) is 11.0. The monoisotopic (exact) mass is 779 g/mol. The third-order valence-electron chi connectivity index (χ3n) is 11.0. The van der Waals surface area contributed by atoms with Gasteiger partial charge in [0.2, 0.25) is 0 Å². The molecule has 55 heavy (non-hydrogen) atoms. The number of esters is 3. The summed E-state index contributed by atoms with van der Waals surface area (Å²) in [5.41, 5.74) is 0. The van der Waals surface area contributed by atoms with Crippen molar-refractivity contribution in [1.82, 2.24) is 0 Å². The highest BCUT2D eigenvalue weighted by atomic mass is 16.6. The van der Waals surface area contributed by atoms with Gasteiger partial charge in [-0.3, -0.25) is 14.4 Å². The van der Waals surface area contributed by atoms with E-state index in [1.165, 1.54) is 167 Å². The predicted molar refractivity (Wildman–Crippen MR) is 233 cm³/mol. The third kappa shape index (κ3) is 43.4. The summed E-state index contributed by atoms with van der Waals surface area (Å²) < 4.78 is 16.7. The minimum absolute atomic E-state index is 0.0640. The Labute approximate surface area is 342 Å². The zero-order valence-corrected chi connectivity index (χ0v) is 37.4. The van der Waals surface area contributed by atoms with Crippen molar-refractivity contribution in [1.29, 1.82) is 0 Å². The van der Waals surface area contributed by atoms with Gasteiger partial charge in [0.25, 0.3) is 0 Å². The Balaban J connectivity index is 4.24. The van der Waals surface area contributed by atoms with Crippen molar-refractivity contribution >= 4 is 17.9 Å². The summed E-state index contributed by atoms with van der Waals surface area (Å²) >= 11 is 0. The maximum absolute atomic E-state index is 12.7. The number of rotatable bonds is 44. The summed E-state index contributed by atoms with van der Waals surface area (Å²) in [6, 6.07) is 0. The van der Waals surface area contributed by atoms with Crippen LogP contribution in [0, 0.1) is 5.92 Å². The van der Waals surface area contributed by atoms with E-state index in [0.717, 1.165) is 63.7 Å². The normalized spacial score (nSPS) is 11.9. The number of unbranched alkanes of at least 4 members (excludes halogenated alkanes) is 31. The maximum Gasteiger partial charge on any atom is 0.306 e. The van der Waals surface area contributed by atoms with Gasteiger partial charge in [0, 0.05) is 19.3 Å². The van der Waals surface area contributed by atoms with Gasteiger partial charge in [0.1, 0.15) is 13.2 Å². The van der Waals surface area contributed by atoms with Gasteiger partial charge in [-0.05, 0) is 25.2 Å². The lowest BCUT2D eigenvalue weighted by molar-refractivity contribution is -0.167. The zero-order chi connectivity index (χ0) is 40.3. The molecule has 0 aromatic heterocycles. The van der Waals surface area contributed by atoms with Crippen LogP contribution >= 0.6 is 0 Å². The topological polar surface area (TPSA) is 78.9 Å². The second-order valence-corrected chi connectivity index (χ2v) is 17.2. The van der Waals surface area contributed by atoms with Gasteiger partial charge >= 0.3 is 17.9 Å². The maximum atomic E-state index is 12.7. The van der Waals surface area contributed by atoms with Crippen molar-refractivity contribution in [2.24, 2.45) is 5.92 Å². The summed E-state index contributed by atoms with van der Waals surface area (Å²) in [5, 5.41) is 0. The lowest BCUT2D eigenvalue weighted by Gasteiger charge is -2.18. The van der Waals surface area contributed by atoms with Gasteiger partial charge in [0.05, 0.1) is 0 Å². The van der Waals surface area contributed by atoms with Gasteiger partial charge in [0.15, 0.2) is 6.10 Å². The number of carbonyl (C=O) groups is 3. The van der Waals surface area contributed by atoms with Crippen molar-refractivity contribution in [2.75, 3.05) is 13.2 Å². The van der Waals surface area contributed by atoms with E-state index < -0.39 is 6.10 Å². The summed E-state index contributed by atoms with van der Waals surface area (Å²) in [5.74, 6) is -0.0761. The van der Waals surface area contributed by atoms with Gasteiger partial charge in [-0.1, -0.05) is 233 Å². The van der Waals surface area contributed by atoms with Crippen LogP contribution in [0.2, 0.25) is 0 Å². The van der Waals surface area contributed by atoms with E-state index in [1.54, 1.807) is 0 Å². The molecule has 0 aliphatic heterocycles. The van der Waals surface area contributed by atoms with Crippen molar-refractivity contribution < 1.29 is 28.6 Å². The first-order valence-electron chi connectivity index (χ1n) is 24.4. The largest absolute Gasteiger partial charge is 0.462 e. The van der Waals surface area contributed by atoms with E-state index in [1.807, 2.05) is 0 Å². The molecule has 0 bridgehead atoms. The Hall–Kier alpha value is -1.59. The van der Waals surface area contributed by atoms with Crippen LogP contribution in [-0.4, -0.2) is 37.2 Å². The first-order chi connectivity index (χ1) is 26.9. The minimum Gasteiger partial charge on any atom is -0.462 e. The molecule has 0 aromatic carbocycles. The Bertz CT molecular complexity index is 826. The first kappa shape index (κ1) is 53.4. The fourth-order valence-corrected chi connectivity index (χ4v) is 7.33. The number of hydrogen-bond acceptors (Lipinski definition) is 6. The predicted octanol–water partition coefficient (Wildman–Crippen LogP) is 15.5. The first-order valence-corrected chi connectivity index (χ1v) is 24.4. The molecule has 0 aliphatic carbocycles. The summed E-state index contributed by atoms with van der Waals surface area (Å²) in [4.78, 5) is 37.7. The molecule has 0 N–H and O–H groups in total. The lowest BCUT2D eigenvalue weighted by atomic mass is 10.0. The van der Waals surface area contributed by atoms with Gasteiger partial charge in [-0.15, -0.1) is 0 Å². The highest BCUT2D eigenvalue weighted by molar-refractivity contribution is 5.71. The van der Waals surface area contributed by atoms with E-state index in [9.17, 15) is 14.4 Å². The fourth-order valence-electron chi connectivity index (χ4n) is 7.33. The second-order valence-electron chi connectivity index (χ2n) is 17.2. The number of carbonyl (C=O) groups excluding carboxylic acids is 3. The molecule has 6 nitrogen and oxygen atoms in total. The number of ether oxygens (including phenoxy) is 3. The van der Waals surface area contributed by atoms with Crippen molar-refractivity contribution in [3.05, 3.63) is 0 Å². The number of hydrogen-bond donors (Lipinski definition) is 0. The molecule has 0 rings (SSSR count). The van der Waals surface area contributed by atoms with Gasteiger partial charge in [-0.25, -0.2) is 0 Å². The van der Waals surface area contributed by atoms with E-state index in [0.29, 0.717) is 19.3 Å². The van der Waals surface area contributed by atoms with Gasteiger partial charge < -0.3 is 14.2 Å². The van der Waals surface area contributed by atoms with Crippen molar-refractivity contribution in [3.8, 4) is 0 Å². The molecule has 0 aliphatic rings. The molecule has 0 fully saturated rings. The van der Waals surface area contributed by atoms with E-state index in [2.05, 4.69) is 27.7 Å². The Kier molecular flexibility index (Phi) is 42.3. The molecule has 0 radical (unpaired) electrons. The Morgan fingerprint density at radius 3 is 0.891 bits per heavy atom. The molecule has 0 amide bonds. The second kappa shape index (κ2) is 43.5. The van der Waals surface area contributed by atoms with Crippen LogP contribution < -0.4 is 0 Å². The Morgan fingerprint density at radius 2 is 0.600 bits per heavy atom. The van der Waals surface area contributed by atoms with Crippen LogP contribution in [0.5, 0.6) is 0 Å². The van der Waals surface area contributed by atoms with E-state index in [-0.39, 0.29) is 31.1 Å². The smallest absolute Gasteiger partial charge is 0.306 e. The standard InChI is InChI=1S/C49H94O6/c1-5-7-9-11-13-15-17-18-19-20-21-22-23-25-29-33-37-41-48(51)54-44-46(55-49(52)42-38-34-30-26-27-31-35-39-45(3)4)43-53-47(50)40-36-32-28-24-16-14-12-10-8-6-2/h45-46H,5-44H2,1-4H3/t46-/m0/s1. The lowest BCUT2D eigenvalue weighted by Crippen LogP contribution is -2.30. The summed E-state index contributed by atoms with van der Waals surface area (Å²) in [6.45, 7) is 8.95. The highest BCUT2D eigenvalue weighted by Crippen LogP contribution is 2.16. The molecule has 0 saturated heterocycles. The van der Waals surface area contributed by atoms with Crippen LogP contribution in [0.15, 0.2) is 0 Å². The van der Waals surface area contributed by atoms with Crippen LogP contribution in [0.3, 0.4) is 0 Å². The molecule has 0 spiro atoms. The quantitative estimate of drug-likeness (QED) is 0.0348. The van der Waals surface area contributed by atoms with E-state index in [4.69, 9.17) is 14.2 Å². The average Bonchev–Trinajstić information content (AvgIpc) is 3.17. The molecular weight excluding hydrogens is 685 g/mol. The average molecular weight is 779 g/mol. The van der Waals surface area contributed by atoms with Gasteiger partial charge in [-0.2, -0.15) is 0 Å². The fraction of sp³-hybridized carbons (Fsp3) is 0.939. The zero-order valence-electron chi connectivity index (χ0n) is 37.4. The molecule has 0 heterocycles. The van der Waals surface area contributed by atoms with Crippen LogP contribution in [0.25, 0.3) is 0 Å². The molecular formula is C49H94O6. The van der Waals surface area contributed by atoms with E-state index >= 15 is 0 Å². The van der Waals surface area contributed by atoms with Crippen LogP contribution in [-0.2, 0) is 28.6 Å². The summed E-state index contributed by atoms with van der Waals surface area (Å²) in [7, 11) is 0. The molecule has 0 saturated carbocycles. The molecule has 0 unspecified atom stereocenters. The van der Waals surface area contributed by atoms with Crippen LogP contribution in [0.1, 0.15) is 272 Å². The minimum atomic E-state index is -0.760. The van der Waals surface area contributed by atoms with Crippen molar-refractivity contribution in [2.45, 2.75) is 278 Å². The Morgan fingerprint density at radius 1 is 0.345 bits per heavy atom. The molecule has 6 heteroatoms. The van der Waals surface area contributed by atoms with Crippen molar-refractivity contribution in [3.63, 3.8) is 0 Å². The molecule has 326 valence electrons. The molecule has 0 aromatic rings. The highest BCUT2D eigenvalue weighted by Gasteiger charge is 2.19. The van der Waals surface area contributed by atoms with Crippen LogP contribution in [0.4, 0.5) is 0 Å². The summed E-state index contributed by atoms with van der Waals surface area (Å²) in [6.07, 6.45) is 43.8.